The molecule has 14 heteroatoms. The normalized spacial score (nSPS) is 11.9. The summed E-state index contributed by atoms with van der Waals surface area (Å²) in [5, 5.41) is 10.7. The van der Waals surface area contributed by atoms with E-state index in [1.807, 2.05) is 6.92 Å². The first-order chi connectivity index (χ1) is 14.6. The Kier molecular flexibility index (Phi) is 6.64. The molecule has 0 unspecified atom stereocenters. The zero-order valence-corrected chi connectivity index (χ0v) is 19.6. The van der Waals surface area contributed by atoms with Crippen LogP contribution in [-0.2, 0) is 28.9 Å². The Balaban J connectivity index is 1.84. The summed E-state index contributed by atoms with van der Waals surface area (Å²) in [5.74, 6) is 0.237. The van der Waals surface area contributed by atoms with Crippen molar-refractivity contribution < 1.29 is 13.2 Å². The van der Waals surface area contributed by atoms with Gasteiger partial charge < -0.3 is 0 Å². The number of rotatable bonds is 7. The molecular weight excluding hydrogens is 464 g/mol. The summed E-state index contributed by atoms with van der Waals surface area (Å²) in [6.07, 6.45) is 0. The molecule has 1 aromatic carbocycles. The van der Waals surface area contributed by atoms with Crippen molar-refractivity contribution >= 4 is 55.1 Å². The predicted molar refractivity (Wildman–Crippen MR) is 119 cm³/mol. The van der Waals surface area contributed by atoms with E-state index in [4.69, 9.17) is 0 Å². The monoisotopic (exact) mass is 484 g/mol. The second kappa shape index (κ2) is 8.90. The zero-order valence-electron chi connectivity index (χ0n) is 17.1. The standard InChI is InChI=1S/C17H20N6O5S3/c1-5-29-16-20-19-15(30-16)18-13(24)9-21(2)31(27,28)10-6-7-12-11(8-10)14(25)23(4)17(26)22(12)3/h6-8H,5,9H2,1-4H3,(H,18,19,24). The number of carbonyl (C=O) groups is 1. The second-order valence-electron chi connectivity index (χ2n) is 6.50. The van der Waals surface area contributed by atoms with Crippen molar-refractivity contribution in [3.8, 4) is 0 Å². The highest BCUT2D eigenvalue weighted by atomic mass is 32.2. The zero-order chi connectivity index (χ0) is 22.9. The summed E-state index contributed by atoms with van der Waals surface area (Å²) in [6.45, 7) is 1.51. The lowest BCUT2D eigenvalue weighted by atomic mass is 10.2. The molecule has 11 nitrogen and oxygen atoms in total. The molecule has 0 saturated carbocycles. The van der Waals surface area contributed by atoms with Crippen molar-refractivity contribution in [1.82, 2.24) is 23.6 Å². The third-order valence-electron chi connectivity index (χ3n) is 4.43. The third-order valence-corrected chi connectivity index (χ3v) is 8.09. The molecule has 166 valence electrons. The van der Waals surface area contributed by atoms with Crippen LogP contribution in [0.15, 0.2) is 37.0 Å². The minimum atomic E-state index is -4.07. The summed E-state index contributed by atoms with van der Waals surface area (Å²) in [7, 11) is -0.00143. The van der Waals surface area contributed by atoms with Crippen molar-refractivity contribution in [2.75, 3.05) is 24.7 Å². The first kappa shape index (κ1) is 23.1. The molecule has 2 aromatic heterocycles. The molecule has 3 rings (SSSR count). The van der Waals surface area contributed by atoms with Crippen LogP contribution in [-0.4, -0.2) is 57.3 Å². The fourth-order valence-electron chi connectivity index (χ4n) is 2.80. The smallest absolute Gasteiger partial charge is 0.299 e. The van der Waals surface area contributed by atoms with Gasteiger partial charge in [0.05, 0.1) is 22.3 Å². The molecule has 0 atom stereocenters. The highest BCUT2D eigenvalue weighted by Gasteiger charge is 2.24. The molecule has 0 aliphatic carbocycles. The number of nitrogens with zero attached hydrogens (tertiary/aromatic N) is 5. The van der Waals surface area contributed by atoms with E-state index in [1.165, 1.54) is 67.0 Å². The van der Waals surface area contributed by atoms with Gasteiger partial charge in [0.1, 0.15) is 0 Å². The molecule has 0 aliphatic heterocycles. The van der Waals surface area contributed by atoms with Gasteiger partial charge in [-0.1, -0.05) is 30.0 Å². The largest absolute Gasteiger partial charge is 0.330 e. The van der Waals surface area contributed by atoms with Crippen LogP contribution in [0.25, 0.3) is 10.9 Å². The van der Waals surface area contributed by atoms with E-state index >= 15 is 0 Å². The Bertz CT molecular complexity index is 1380. The average molecular weight is 485 g/mol. The van der Waals surface area contributed by atoms with Crippen LogP contribution in [0.5, 0.6) is 0 Å². The Morgan fingerprint density at radius 3 is 2.61 bits per heavy atom. The van der Waals surface area contributed by atoms with Crippen LogP contribution < -0.4 is 16.6 Å². The minimum absolute atomic E-state index is 0.0818. The lowest BCUT2D eigenvalue weighted by molar-refractivity contribution is -0.116. The number of benzene rings is 1. The number of sulfonamides is 1. The van der Waals surface area contributed by atoms with Gasteiger partial charge in [0.25, 0.3) is 5.56 Å². The average Bonchev–Trinajstić information content (AvgIpc) is 3.17. The van der Waals surface area contributed by atoms with Crippen LogP contribution in [0.2, 0.25) is 0 Å². The van der Waals surface area contributed by atoms with Gasteiger partial charge in [-0.05, 0) is 24.0 Å². The van der Waals surface area contributed by atoms with Gasteiger partial charge in [0.15, 0.2) is 4.34 Å². The number of aromatic nitrogens is 4. The molecule has 3 aromatic rings. The van der Waals surface area contributed by atoms with Crippen molar-refractivity contribution in [3.63, 3.8) is 0 Å². The van der Waals surface area contributed by atoms with Crippen molar-refractivity contribution in [2.24, 2.45) is 14.1 Å². The molecule has 0 spiro atoms. The maximum atomic E-state index is 12.9. The fourth-order valence-corrected chi connectivity index (χ4v) is 5.62. The topological polar surface area (TPSA) is 136 Å². The second-order valence-corrected chi connectivity index (χ2v) is 11.0. The van der Waals surface area contributed by atoms with Crippen molar-refractivity contribution in [1.29, 1.82) is 0 Å². The van der Waals surface area contributed by atoms with Crippen LogP contribution in [0.1, 0.15) is 6.92 Å². The minimum Gasteiger partial charge on any atom is -0.299 e. The van der Waals surface area contributed by atoms with Crippen LogP contribution in [0.3, 0.4) is 0 Å². The molecule has 0 radical (unpaired) electrons. The maximum absolute atomic E-state index is 12.9. The van der Waals surface area contributed by atoms with E-state index in [-0.39, 0.29) is 15.4 Å². The van der Waals surface area contributed by atoms with E-state index in [9.17, 15) is 22.8 Å². The molecule has 1 N–H and O–H groups in total. The highest BCUT2D eigenvalue weighted by Crippen LogP contribution is 2.25. The number of likely N-dealkylation sites (N-methyl/N-ethyl adjacent to an activating group) is 1. The number of carbonyl (C=O) groups excluding carboxylic acids is 1. The molecule has 0 bridgehead atoms. The summed E-state index contributed by atoms with van der Waals surface area (Å²) >= 11 is 2.68. The lowest BCUT2D eigenvalue weighted by Crippen LogP contribution is -2.37. The Labute approximate surface area is 185 Å². The number of fused-ring (bicyclic) bond motifs is 1. The fraction of sp³-hybridized carbons (Fsp3) is 0.353. The summed E-state index contributed by atoms with van der Waals surface area (Å²) < 4.78 is 29.6. The first-order valence-electron chi connectivity index (χ1n) is 8.98. The van der Waals surface area contributed by atoms with Crippen LogP contribution >= 0.6 is 23.1 Å². The van der Waals surface area contributed by atoms with Crippen molar-refractivity contribution in [2.45, 2.75) is 16.2 Å². The Hall–Kier alpha value is -2.55. The molecule has 0 fully saturated rings. The summed E-state index contributed by atoms with van der Waals surface area (Å²) in [6, 6.07) is 3.90. The number of amides is 1. The van der Waals surface area contributed by atoms with Gasteiger partial charge in [0.2, 0.25) is 21.1 Å². The molecular formula is C17H20N6O5S3. The van der Waals surface area contributed by atoms with E-state index in [1.54, 1.807) is 0 Å². The Morgan fingerprint density at radius 2 is 1.94 bits per heavy atom. The number of nitrogens with one attached hydrogen (secondary N) is 1. The van der Waals surface area contributed by atoms with Gasteiger partial charge in [0, 0.05) is 21.1 Å². The third kappa shape index (κ3) is 4.56. The van der Waals surface area contributed by atoms with E-state index in [0.717, 1.165) is 14.6 Å². The van der Waals surface area contributed by atoms with Crippen molar-refractivity contribution in [3.05, 3.63) is 39.0 Å². The quantitative estimate of drug-likeness (QED) is 0.377. The van der Waals surface area contributed by atoms with Gasteiger partial charge in [-0.3, -0.25) is 24.0 Å². The summed E-state index contributed by atoms with van der Waals surface area (Å²) in [4.78, 5) is 36.6. The van der Waals surface area contributed by atoms with Gasteiger partial charge in [-0.2, -0.15) is 4.31 Å². The maximum Gasteiger partial charge on any atom is 0.330 e. The van der Waals surface area contributed by atoms with Gasteiger partial charge in [-0.25, -0.2) is 13.2 Å². The highest BCUT2D eigenvalue weighted by molar-refractivity contribution is 8.01. The number of hydrogen-bond acceptors (Lipinski definition) is 9. The van der Waals surface area contributed by atoms with E-state index in [0.29, 0.717) is 9.86 Å². The Morgan fingerprint density at radius 1 is 1.23 bits per heavy atom. The lowest BCUT2D eigenvalue weighted by Gasteiger charge is -2.17. The van der Waals surface area contributed by atoms with E-state index < -0.39 is 33.7 Å². The number of thioether (sulfide) groups is 1. The molecule has 31 heavy (non-hydrogen) atoms. The first-order valence-corrected chi connectivity index (χ1v) is 12.2. The molecule has 0 aliphatic rings. The van der Waals surface area contributed by atoms with Gasteiger partial charge in [-0.15, -0.1) is 10.2 Å². The molecule has 1 amide bonds. The predicted octanol–water partition coefficient (Wildman–Crippen LogP) is 0.460. The SMILES string of the molecule is CCSc1nnc(NC(=O)CN(C)S(=O)(=O)c2ccc3c(c2)c(=O)n(C)c(=O)n3C)s1. The van der Waals surface area contributed by atoms with Crippen LogP contribution in [0.4, 0.5) is 5.13 Å². The molecule has 0 saturated heterocycles. The van der Waals surface area contributed by atoms with E-state index in [2.05, 4.69) is 15.5 Å². The molecule has 2 heterocycles. The number of hydrogen-bond donors (Lipinski definition) is 1. The van der Waals surface area contributed by atoms with Crippen LogP contribution in [0, 0.1) is 0 Å². The van der Waals surface area contributed by atoms with Gasteiger partial charge >= 0.3 is 5.69 Å². The summed E-state index contributed by atoms with van der Waals surface area (Å²) in [5.41, 5.74) is -0.809. The number of aryl methyl sites for hydroxylation is 1. The number of anilines is 1.